The number of methoxy groups -OCH3 is 3. The summed E-state index contributed by atoms with van der Waals surface area (Å²) in [5.41, 5.74) is 0.313. The molecule has 1 saturated heterocycles. The summed E-state index contributed by atoms with van der Waals surface area (Å²) in [6.45, 7) is 0.792. The van der Waals surface area contributed by atoms with Gasteiger partial charge in [-0.05, 0) is 54.7 Å². The lowest BCUT2D eigenvalue weighted by atomic mass is 9.81. The number of fused-ring (bicyclic) bond motifs is 1. The molecule has 7 nitrogen and oxygen atoms in total. The van der Waals surface area contributed by atoms with Crippen molar-refractivity contribution in [3.05, 3.63) is 58.7 Å². The van der Waals surface area contributed by atoms with Crippen LogP contribution < -0.4 is 19.5 Å². The summed E-state index contributed by atoms with van der Waals surface area (Å²) in [4.78, 5) is 27.4. The molecule has 0 radical (unpaired) electrons. The van der Waals surface area contributed by atoms with Gasteiger partial charge in [0.05, 0.1) is 26.9 Å². The standard InChI is InChI=1S/C31H35F3N2O5/c1-39-25-13-10-19(28(40-2)29(25)41-3)11-14-26(37)35-27-22-16-36(17-23(22)27)30(38)20-9-12-21(18-7-5-4-6-8-18)24(15-20)31(32,33)34/h9-15,18,22-23,27H,4-8,16-17H2,1-3H3,(H,35,37)/b14-11+/t22-,23+,27?. The Hall–Kier alpha value is -3.69. The largest absolute Gasteiger partial charge is 0.493 e. The number of benzene rings is 2. The van der Waals surface area contributed by atoms with Gasteiger partial charge in [-0.1, -0.05) is 25.3 Å². The van der Waals surface area contributed by atoms with Crippen LogP contribution in [0.5, 0.6) is 17.2 Å². The van der Waals surface area contributed by atoms with Crippen LogP contribution in [0, 0.1) is 11.8 Å². The highest BCUT2D eigenvalue weighted by Gasteiger charge is 2.57. The van der Waals surface area contributed by atoms with Crippen LogP contribution in [0.15, 0.2) is 36.4 Å². The van der Waals surface area contributed by atoms with Crippen molar-refractivity contribution < 1.29 is 37.0 Å². The van der Waals surface area contributed by atoms with E-state index in [1.165, 1.54) is 39.5 Å². The number of likely N-dealkylation sites (tertiary alicyclic amines) is 1. The molecule has 3 aliphatic rings. The molecule has 1 unspecified atom stereocenters. The third-order valence-electron chi connectivity index (χ3n) is 8.59. The summed E-state index contributed by atoms with van der Waals surface area (Å²) in [6.07, 6.45) is 2.92. The van der Waals surface area contributed by atoms with Crippen molar-refractivity contribution in [2.45, 2.75) is 50.2 Å². The first-order valence-corrected chi connectivity index (χ1v) is 13.9. The van der Waals surface area contributed by atoms with Crippen LogP contribution in [0.25, 0.3) is 6.08 Å². The van der Waals surface area contributed by atoms with E-state index in [9.17, 15) is 22.8 Å². The normalized spacial score (nSPS) is 22.4. The number of hydrogen-bond acceptors (Lipinski definition) is 5. The number of carbonyl (C=O) groups is 2. The smallest absolute Gasteiger partial charge is 0.416 e. The van der Waals surface area contributed by atoms with Gasteiger partial charge in [-0.25, -0.2) is 0 Å². The third-order valence-corrected chi connectivity index (χ3v) is 8.59. The first-order valence-electron chi connectivity index (χ1n) is 13.9. The molecule has 1 N–H and O–H groups in total. The van der Waals surface area contributed by atoms with E-state index < -0.39 is 17.6 Å². The van der Waals surface area contributed by atoms with Crippen LogP contribution in [-0.2, 0) is 11.0 Å². The minimum absolute atomic E-state index is 0.0607. The quantitative estimate of drug-likeness (QED) is 0.412. The van der Waals surface area contributed by atoms with Gasteiger partial charge in [0.2, 0.25) is 11.7 Å². The van der Waals surface area contributed by atoms with Crippen molar-refractivity contribution in [1.29, 1.82) is 0 Å². The SMILES string of the molecule is COc1ccc(/C=C/C(=O)NC2[C@H]3CN(C(=O)c4ccc(C5CCCCC5)c(C(F)(F)F)c4)C[C@@H]23)c(OC)c1OC. The lowest BCUT2D eigenvalue weighted by Gasteiger charge is -2.26. The molecular weight excluding hydrogens is 537 g/mol. The molecule has 0 aromatic heterocycles. The predicted octanol–water partition coefficient (Wildman–Crippen LogP) is 5.68. The Balaban J connectivity index is 1.19. The van der Waals surface area contributed by atoms with Crippen molar-refractivity contribution in [3.8, 4) is 17.2 Å². The maximum absolute atomic E-state index is 14.0. The van der Waals surface area contributed by atoms with Crippen LogP contribution in [0.1, 0.15) is 65.1 Å². The molecule has 2 saturated carbocycles. The average Bonchev–Trinajstić information content (AvgIpc) is 3.39. The van der Waals surface area contributed by atoms with Crippen molar-refractivity contribution in [1.82, 2.24) is 10.2 Å². The van der Waals surface area contributed by atoms with Crippen LogP contribution in [0.4, 0.5) is 13.2 Å². The number of nitrogens with zero attached hydrogens (tertiary/aromatic N) is 1. The molecule has 2 aromatic rings. The van der Waals surface area contributed by atoms with E-state index in [-0.39, 0.29) is 35.3 Å². The number of carbonyl (C=O) groups excluding carboxylic acids is 2. The van der Waals surface area contributed by atoms with Crippen LogP contribution in [0.3, 0.4) is 0 Å². The summed E-state index contributed by atoms with van der Waals surface area (Å²) in [7, 11) is 4.53. The zero-order valence-corrected chi connectivity index (χ0v) is 23.4. The Morgan fingerprint density at radius 3 is 2.22 bits per heavy atom. The molecule has 0 spiro atoms. The highest BCUT2D eigenvalue weighted by Crippen LogP contribution is 2.47. The Bertz CT molecular complexity index is 1320. The number of piperidine rings is 1. The second-order valence-electron chi connectivity index (χ2n) is 11.0. The topological polar surface area (TPSA) is 77.1 Å². The molecule has 1 heterocycles. The fourth-order valence-electron chi connectivity index (χ4n) is 6.43. The van der Waals surface area contributed by atoms with E-state index in [2.05, 4.69) is 5.32 Å². The van der Waals surface area contributed by atoms with Gasteiger partial charge < -0.3 is 24.4 Å². The second-order valence-corrected chi connectivity index (χ2v) is 11.0. The number of hydrogen-bond donors (Lipinski definition) is 1. The van der Waals surface area contributed by atoms with Gasteiger partial charge in [-0.3, -0.25) is 9.59 Å². The molecule has 2 amide bonds. The summed E-state index contributed by atoms with van der Waals surface area (Å²) in [6, 6.07) is 7.47. The fourth-order valence-corrected chi connectivity index (χ4v) is 6.43. The minimum Gasteiger partial charge on any atom is -0.493 e. The first kappa shape index (κ1) is 28.8. The molecule has 2 aliphatic carbocycles. The highest BCUT2D eigenvalue weighted by atomic mass is 19.4. The van der Waals surface area contributed by atoms with E-state index in [4.69, 9.17) is 14.2 Å². The second kappa shape index (κ2) is 11.7. The summed E-state index contributed by atoms with van der Waals surface area (Å²) in [5, 5.41) is 2.98. The zero-order valence-electron chi connectivity index (χ0n) is 23.4. The third kappa shape index (κ3) is 5.87. The number of alkyl halides is 3. The van der Waals surface area contributed by atoms with Gasteiger partial charge in [0.1, 0.15) is 0 Å². The summed E-state index contributed by atoms with van der Waals surface area (Å²) in [5.74, 6) is 0.723. The number of amides is 2. The molecule has 2 aromatic carbocycles. The fraction of sp³-hybridized carbons (Fsp3) is 0.484. The van der Waals surface area contributed by atoms with Crippen molar-refractivity contribution in [2.24, 2.45) is 11.8 Å². The molecule has 41 heavy (non-hydrogen) atoms. The Morgan fingerprint density at radius 2 is 1.61 bits per heavy atom. The van der Waals surface area contributed by atoms with E-state index >= 15 is 0 Å². The monoisotopic (exact) mass is 572 g/mol. The molecular formula is C31H35F3N2O5. The zero-order chi connectivity index (χ0) is 29.3. The van der Waals surface area contributed by atoms with Crippen molar-refractivity contribution in [3.63, 3.8) is 0 Å². The Kier molecular flexibility index (Phi) is 8.20. The lowest BCUT2D eigenvalue weighted by molar-refractivity contribution is -0.138. The molecule has 5 rings (SSSR count). The van der Waals surface area contributed by atoms with Crippen molar-refractivity contribution in [2.75, 3.05) is 34.4 Å². The molecule has 10 heteroatoms. The maximum atomic E-state index is 14.0. The number of ether oxygens (including phenoxy) is 3. The van der Waals surface area contributed by atoms with Crippen LogP contribution in [0.2, 0.25) is 0 Å². The van der Waals surface area contributed by atoms with Gasteiger partial charge in [-0.15, -0.1) is 0 Å². The van der Waals surface area contributed by atoms with E-state index in [1.54, 1.807) is 23.1 Å². The maximum Gasteiger partial charge on any atom is 0.416 e. The number of halogens is 3. The lowest BCUT2D eigenvalue weighted by Crippen LogP contribution is -2.37. The van der Waals surface area contributed by atoms with Gasteiger partial charge in [-0.2, -0.15) is 13.2 Å². The van der Waals surface area contributed by atoms with Gasteiger partial charge in [0.25, 0.3) is 5.91 Å². The highest BCUT2D eigenvalue weighted by molar-refractivity contribution is 5.95. The van der Waals surface area contributed by atoms with Gasteiger partial charge in [0, 0.05) is 48.2 Å². The molecule has 220 valence electrons. The van der Waals surface area contributed by atoms with E-state index in [0.29, 0.717) is 41.5 Å². The Morgan fingerprint density at radius 1 is 0.927 bits per heavy atom. The summed E-state index contributed by atoms with van der Waals surface area (Å²) < 4.78 is 58.0. The van der Waals surface area contributed by atoms with Crippen LogP contribution in [-0.4, -0.2) is 57.2 Å². The molecule has 3 fully saturated rings. The predicted molar refractivity (Wildman–Crippen MR) is 147 cm³/mol. The number of rotatable bonds is 8. The van der Waals surface area contributed by atoms with E-state index in [1.807, 2.05) is 0 Å². The molecule has 1 aliphatic heterocycles. The Labute approximate surface area is 237 Å². The van der Waals surface area contributed by atoms with E-state index in [0.717, 1.165) is 38.2 Å². The summed E-state index contributed by atoms with van der Waals surface area (Å²) >= 11 is 0. The van der Waals surface area contributed by atoms with Crippen LogP contribution >= 0.6 is 0 Å². The van der Waals surface area contributed by atoms with Gasteiger partial charge >= 0.3 is 6.18 Å². The minimum atomic E-state index is -4.51. The first-order chi connectivity index (χ1) is 19.7. The van der Waals surface area contributed by atoms with Gasteiger partial charge in [0.15, 0.2) is 11.5 Å². The number of nitrogens with one attached hydrogen (secondary N) is 1. The van der Waals surface area contributed by atoms with Crippen molar-refractivity contribution >= 4 is 17.9 Å². The molecule has 3 atom stereocenters. The molecule has 0 bridgehead atoms. The average molecular weight is 573 g/mol.